The molecule has 0 bridgehead atoms. The van der Waals surface area contributed by atoms with Crippen LogP contribution in [0.4, 0.5) is 0 Å². The second kappa shape index (κ2) is 8.62. The van der Waals surface area contributed by atoms with Crippen LogP contribution in [0.25, 0.3) is 10.2 Å². The third kappa shape index (κ3) is 4.27. The van der Waals surface area contributed by atoms with Gasteiger partial charge in [0.25, 0.3) is 0 Å². The Balaban J connectivity index is 1.10. The van der Waals surface area contributed by atoms with Crippen molar-refractivity contribution in [1.29, 1.82) is 0 Å². The molecule has 3 heterocycles. The van der Waals surface area contributed by atoms with Crippen molar-refractivity contribution in [3.8, 4) is 11.5 Å². The number of carbonyl (C=O) groups excluding carboxylic acids is 1. The molecule has 2 aliphatic rings. The summed E-state index contributed by atoms with van der Waals surface area (Å²) in [6.07, 6.45) is 1.25. The molecule has 2 aromatic carbocycles. The van der Waals surface area contributed by atoms with Crippen LogP contribution in [0.1, 0.15) is 17.0 Å². The van der Waals surface area contributed by atoms with Crippen molar-refractivity contribution in [2.24, 2.45) is 0 Å². The van der Waals surface area contributed by atoms with Gasteiger partial charge in [-0.25, -0.2) is 4.98 Å². The first-order chi connectivity index (χ1) is 14.7. The second-order valence-corrected chi connectivity index (χ2v) is 8.83. The summed E-state index contributed by atoms with van der Waals surface area (Å²) >= 11 is 1.76. The summed E-state index contributed by atoms with van der Waals surface area (Å²) in [6, 6.07) is 14.2. The molecule has 2 aliphatic heterocycles. The van der Waals surface area contributed by atoms with E-state index in [9.17, 15) is 4.79 Å². The van der Waals surface area contributed by atoms with E-state index in [0.29, 0.717) is 19.6 Å². The molecule has 1 amide bonds. The van der Waals surface area contributed by atoms with Crippen molar-refractivity contribution in [3.05, 3.63) is 53.0 Å². The molecule has 7 heteroatoms. The summed E-state index contributed by atoms with van der Waals surface area (Å²) in [4.78, 5) is 21.8. The van der Waals surface area contributed by atoms with Gasteiger partial charge in [-0.3, -0.25) is 9.69 Å². The van der Waals surface area contributed by atoms with Crippen LogP contribution >= 0.6 is 11.3 Å². The van der Waals surface area contributed by atoms with Crippen LogP contribution in [0.5, 0.6) is 11.5 Å². The monoisotopic (exact) mass is 423 g/mol. The summed E-state index contributed by atoms with van der Waals surface area (Å²) in [6.45, 7) is 5.39. The highest BCUT2D eigenvalue weighted by Gasteiger charge is 2.22. The highest BCUT2D eigenvalue weighted by molar-refractivity contribution is 7.18. The summed E-state index contributed by atoms with van der Waals surface area (Å²) in [5, 5.41) is 1.15. The number of para-hydroxylation sites is 1. The largest absolute Gasteiger partial charge is 0.486 e. The van der Waals surface area contributed by atoms with Crippen LogP contribution < -0.4 is 9.47 Å². The van der Waals surface area contributed by atoms with Crippen molar-refractivity contribution in [2.75, 3.05) is 39.4 Å². The molecule has 1 aromatic heterocycles. The summed E-state index contributed by atoms with van der Waals surface area (Å²) in [7, 11) is 0. The molecule has 0 spiro atoms. The molecule has 1 fully saturated rings. The van der Waals surface area contributed by atoms with Gasteiger partial charge < -0.3 is 14.4 Å². The standard InChI is InChI=1S/C23H25N3O3S/c27-23(8-6-17-5-7-19-20(15-17)29-14-13-28-19)26-11-9-25(10-12-26)16-22-24-18-3-1-2-4-21(18)30-22/h1-5,7,15H,6,8-14,16H2. The Morgan fingerprint density at radius 3 is 2.63 bits per heavy atom. The number of hydrogen-bond donors (Lipinski definition) is 0. The molecular formula is C23H25N3O3S. The van der Waals surface area contributed by atoms with Gasteiger partial charge in [-0.1, -0.05) is 18.2 Å². The van der Waals surface area contributed by atoms with Crippen LogP contribution in [-0.4, -0.2) is 60.1 Å². The maximum atomic E-state index is 12.7. The summed E-state index contributed by atoms with van der Waals surface area (Å²) in [5.74, 6) is 1.81. The molecule has 1 saturated heterocycles. The molecule has 30 heavy (non-hydrogen) atoms. The zero-order valence-electron chi connectivity index (χ0n) is 16.9. The van der Waals surface area contributed by atoms with E-state index in [1.807, 2.05) is 29.2 Å². The minimum atomic E-state index is 0.226. The van der Waals surface area contributed by atoms with Gasteiger partial charge in [0.15, 0.2) is 11.5 Å². The number of hydrogen-bond acceptors (Lipinski definition) is 6. The predicted octanol–water partition coefficient (Wildman–Crippen LogP) is 3.34. The quantitative estimate of drug-likeness (QED) is 0.630. The molecule has 156 valence electrons. The van der Waals surface area contributed by atoms with Crippen LogP contribution in [0.2, 0.25) is 0 Å². The van der Waals surface area contributed by atoms with Gasteiger partial charge in [0.1, 0.15) is 18.2 Å². The van der Waals surface area contributed by atoms with E-state index in [1.54, 1.807) is 11.3 Å². The Morgan fingerprint density at radius 2 is 1.80 bits per heavy atom. The fourth-order valence-electron chi connectivity index (χ4n) is 3.99. The number of thiazole rings is 1. The number of nitrogens with zero attached hydrogens (tertiary/aromatic N) is 3. The molecule has 0 N–H and O–H groups in total. The maximum Gasteiger partial charge on any atom is 0.222 e. The Bertz CT molecular complexity index is 1010. The Labute approximate surface area is 180 Å². The smallest absolute Gasteiger partial charge is 0.222 e. The SMILES string of the molecule is O=C(CCc1ccc2c(c1)OCCO2)N1CCN(Cc2nc3ccccc3s2)CC1. The van der Waals surface area contributed by atoms with Crippen molar-refractivity contribution in [3.63, 3.8) is 0 Å². The van der Waals surface area contributed by atoms with Crippen molar-refractivity contribution in [1.82, 2.24) is 14.8 Å². The van der Waals surface area contributed by atoms with E-state index in [0.717, 1.165) is 66.7 Å². The number of carbonyl (C=O) groups is 1. The van der Waals surface area contributed by atoms with E-state index in [2.05, 4.69) is 23.1 Å². The third-order valence-corrected chi connectivity index (χ3v) is 6.68. The maximum absolute atomic E-state index is 12.7. The van der Waals surface area contributed by atoms with Crippen LogP contribution in [0.3, 0.4) is 0 Å². The fourth-order valence-corrected chi connectivity index (χ4v) is 5.00. The first-order valence-corrected chi connectivity index (χ1v) is 11.3. The van der Waals surface area contributed by atoms with Crippen molar-refractivity contribution < 1.29 is 14.3 Å². The van der Waals surface area contributed by atoms with Gasteiger partial charge in [0.2, 0.25) is 5.91 Å². The zero-order chi connectivity index (χ0) is 20.3. The molecule has 0 unspecified atom stereocenters. The minimum absolute atomic E-state index is 0.226. The number of benzene rings is 2. The van der Waals surface area contributed by atoms with E-state index in [1.165, 1.54) is 4.70 Å². The highest BCUT2D eigenvalue weighted by Crippen LogP contribution is 2.31. The Morgan fingerprint density at radius 1 is 1.00 bits per heavy atom. The molecule has 5 rings (SSSR count). The van der Waals surface area contributed by atoms with Gasteiger partial charge in [0, 0.05) is 32.6 Å². The summed E-state index contributed by atoms with van der Waals surface area (Å²) < 4.78 is 12.4. The average Bonchev–Trinajstić information content (AvgIpc) is 3.20. The molecule has 3 aromatic rings. The molecule has 0 aliphatic carbocycles. The molecule has 6 nitrogen and oxygen atoms in total. The Kier molecular flexibility index (Phi) is 5.55. The minimum Gasteiger partial charge on any atom is -0.486 e. The third-order valence-electron chi connectivity index (χ3n) is 5.66. The van der Waals surface area contributed by atoms with Crippen molar-refractivity contribution in [2.45, 2.75) is 19.4 Å². The van der Waals surface area contributed by atoms with Gasteiger partial charge in [0.05, 0.1) is 16.8 Å². The lowest BCUT2D eigenvalue weighted by atomic mass is 10.1. The number of fused-ring (bicyclic) bond motifs is 2. The fraction of sp³-hybridized carbons (Fsp3) is 0.391. The van der Waals surface area contributed by atoms with E-state index < -0.39 is 0 Å². The number of ether oxygens (including phenoxy) is 2. The van der Waals surface area contributed by atoms with Crippen LogP contribution in [-0.2, 0) is 17.8 Å². The number of amides is 1. The van der Waals surface area contributed by atoms with Crippen LogP contribution in [0, 0.1) is 0 Å². The van der Waals surface area contributed by atoms with Crippen LogP contribution in [0.15, 0.2) is 42.5 Å². The topological polar surface area (TPSA) is 54.9 Å². The van der Waals surface area contributed by atoms with E-state index >= 15 is 0 Å². The second-order valence-electron chi connectivity index (χ2n) is 7.71. The van der Waals surface area contributed by atoms with Gasteiger partial charge in [-0.05, 0) is 36.2 Å². The van der Waals surface area contributed by atoms with E-state index in [4.69, 9.17) is 14.5 Å². The average molecular weight is 424 g/mol. The zero-order valence-corrected chi connectivity index (χ0v) is 17.7. The lowest BCUT2D eigenvalue weighted by Gasteiger charge is -2.34. The summed E-state index contributed by atoms with van der Waals surface area (Å²) in [5.41, 5.74) is 2.19. The number of rotatable bonds is 5. The van der Waals surface area contributed by atoms with Gasteiger partial charge in [-0.15, -0.1) is 11.3 Å². The molecule has 0 saturated carbocycles. The normalized spacial score (nSPS) is 16.7. The van der Waals surface area contributed by atoms with Gasteiger partial charge in [-0.2, -0.15) is 0 Å². The first kappa shape index (κ1) is 19.3. The lowest BCUT2D eigenvalue weighted by molar-refractivity contribution is -0.133. The molecule has 0 atom stereocenters. The molecule has 0 radical (unpaired) electrons. The van der Waals surface area contributed by atoms with Gasteiger partial charge >= 0.3 is 0 Å². The lowest BCUT2D eigenvalue weighted by Crippen LogP contribution is -2.48. The molecular weight excluding hydrogens is 398 g/mol. The predicted molar refractivity (Wildman–Crippen MR) is 117 cm³/mol. The first-order valence-electron chi connectivity index (χ1n) is 10.5. The van der Waals surface area contributed by atoms with Crippen molar-refractivity contribution >= 4 is 27.5 Å². The highest BCUT2D eigenvalue weighted by atomic mass is 32.1. The Hall–Kier alpha value is -2.64. The number of aromatic nitrogens is 1. The number of piperazine rings is 1. The number of aryl methyl sites for hydroxylation is 1. The van der Waals surface area contributed by atoms with E-state index in [-0.39, 0.29) is 5.91 Å².